The van der Waals surface area contributed by atoms with Gasteiger partial charge in [-0.1, -0.05) is 13.8 Å². The molecule has 1 aromatic rings. The van der Waals surface area contributed by atoms with Crippen LogP contribution in [0.1, 0.15) is 46.2 Å². The number of aromatic hydroxyl groups is 1. The van der Waals surface area contributed by atoms with Crippen molar-refractivity contribution in [2.45, 2.75) is 46.3 Å². The predicted molar refractivity (Wildman–Crippen MR) is 104 cm³/mol. The van der Waals surface area contributed by atoms with Gasteiger partial charge in [-0.15, -0.1) is 12.4 Å². The summed E-state index contributed by atoms with van der Waals surface area (Å²) in [5, 5.41) is 23.8. The monoisotopic (exact) mass is 372 g/mol. The summed E-state index contributed by atoms with van der Waals surface area (Å²) in [5.41, 5.74) is 0.137. The minimum atomic E-state index is -0.380. The van der Waals surface area contributed by atoms with Gasteiger partial charge in [0.15, 0.2) is 0 Å². The molecular weight excluding hydrogens is 340 g/mol. The van der Waals surface area contributed by atoms with Crippen LogP contribution in [0.2, 0.25) is 0 Å². The quantitative estimate of drug-likeness (QED) is 0.741. The lowest BCUT2D eigenvalue weighted by atomic mass is 9.79. The van der Waals surface area contributed by atoms with Crippen molar-refractivity contribution in [3.05, 3.63) is 23.8 Å². The van der Waals surface area contributed by atoms with Crippen LogP contribution in [0.3, 0.4) is 0 Å². The summed E-state index contributed by atoms with van der Waals surface area (Å²) in [6.07, 6.45) is 0. The van der Waals surface area contributed by atoms with Gasteiger partial charge in [-0.25, -0.2) is 0 Å². The third-order valence-electron chi connectivity index (χ3n) is 4.38. The fourth-order valence-electron chi connectivity index (χ4n) is 3.31. The Bertz CT molecular complexity index is 552. The summed E-state index contributed by atoms with van der Waals surface area (Å²) in [6.45, 7) is 13.7. The van der Waals surface area contributed by atoms with Crippen molar-refractivity contribution < 1.29 is 14.9 Å². The number of ether oxygens (including phenoxy) is 1. The number of hydrogen-bond donors (Lipinski definition) is 3. The lowest BCUT2D eigenvalue weighted by Gasteiger charge is -2.43. The SMILES string of the molecule is CC(C)(C)Oc1ccc(O)c([C@@H](N2CCNCC2)C(C)(C)CO)c1.Cl. The lowest BCUT2D eigenvalue weighted by molar-refractivity contribution is 0.0289. The molecule has 1 saturated heterocycles. The van der Waals surface area contributed by atoms with Gasteiger partial charge in [0.2, 0.25) is 0 Å². The van der Waals surface area contributed by atoms with E-state index in [0.717, 1.165) is 37.5 Å². The van der Waals surface area contributed by atoms with Crippen LogP contribution in [0.5, 0.6) is 11.5 Å². The Morgan fingerprint density at radius 1 is 1.16 bits per heavy atom. The molecule has 1 fully saturated rings. The maximum atomic E-state index is 10.5. The minimum Gasteiger partial charge on any atom is -0.508 e. The van der Waals surface area contributed by atoms with Crippen LogP contribution in [0.15, 0.2) is 18.2 Å². The topological polar surface area (TPSA) is 65.0 Å². The van der Waals surface area contributed by atoms with E-state index in [0.29, 0.717) is 0 Å². The maximum Gasteiger partial charge on any atom is 0.120 e. The molecule has 3 N–H and O–H groups in total. The summed E-state index contributed by atoms with van der Waals surface area (Å²) < 4.78 is 5.98. The zero-order chi connectivity index (χ0) is 18.0. The van der Waals surface area contributed by atoms with Gasteiger partial charge in [0.25, 0.3) is 0 Å². The van der Waals surface area contributed by atoms with E-state index in [1.165, 1.54) is 0 Å². The average molecular weight is 373 g/mol. The number of phenolic OH excluding ortho intramolecular Hbond substituents is 1. The van der Waals surface area contributed by atoms with Gasteiger partial charge >= 0.3 is 0 Å². The second-order valence-electron chi connectivity index (χ2n) is 8.27. The lowest BCUT2D eigenvalue weighted by Crippen LogP contribution is -2.49. The number of nitrogens with one attached hydrogen (secondary N) is 1. The number of nitrogens with zero attached hydrogens (tertiary/aromatic N) is 1. The van der Waals surface area contributed by atoms with Crippen LogP contribution < -0.4 is 10.1 Å². The Balaban J connectivity index is 0.00000312. The van der Waals surface area contributed by atoms with Crippen molar-refractivity contribution >= 4 is 12.4 Å². The summed E-state index contributed by atoms with van der Waals surface area (Å²) >= 11 is 0. The molecule has 25 heavy (non-hydrogen) atoms. The second kappa shape index (κ2) is 8.58. The third kappa shape index (κ3) is 5.74. The van der Waals surface area contributed by atoms with E-state index in [1.807, 2.05) is 40.7 Å². The van der Waals surface area contributed by atoms with Gasteiger partial charge in [0.05, 0.1) is 0 Å². The van der Waals surface area contributed by atoms with Crippen molar-refractivity contribution in [1.29, 1.82) is 0 Å². The maximum absolute atomic E-state index is 10.5. The molecule has 2 rings (SSSR count). The standard InChI is InChI=1S/C19H32N2O3.ClH/c1-18(2,3)24-14-6-7-16(23)15(12-14)17(19(4,5)13-22)21-10-8-20-9-11-21;/h6-7,12,17,20,22-23H,8-11,13H2,1-5H3;1H/t17-;/m1./s1. The summed E-state index contributed by atoms with van der Waals surface area (Å²) in [6, 6.07) is 5.34. The number of hydrogen-bond acceptors (Lipinski definition) is 5. The molecule has 0 spiro atoms. The number of phenols is 1. The van der Waals surface area contributed by atoms with Crippen molar-refractivity contribution in [3.63, 3.8) is 0 Å². The number of rotatable bonds is 5. The van der Waals surface area contributed by atoms with Gasteiger partial charge in [-0.2, -0.15) is 0 Å². The molecule has 6 heteroatoms. The Hall–Kier alpha value is -1.01. The zero-order valence-electron chi connectivity index (χ0n) is 16.0. The highest BCUT2D eigenvalue weighted by atomic mass is 35.5. The molecule has 0 aromatic heterocycles. The zero-order valence-corrected chi connectivity index (χ0v) is 16.8. The van der Waals surface area contributed by atoms with Crippen LogP contribution in [0.4, 0.5) is 0 Å². The van der Waals surface area contributed by atoms with E-state index in [9.17, 15) is 10.2 Å². The second-order valence-corrected chi connectivity index (χ2v) is 8.27. The van der Waals surface area contributed by atoms with E-state index in [-0.39, 0.29) is 41.8 Å². The number of aliphatic hydroxyl groups excluding tert-OH is 1. The van der Waals surface area contributed by atoms with E-state index in [1.54, 1.807) is 12.1 Å². The molecule has 1 aliphatic rings. The third-order valence-corrected chi connectivity index (χ3v) is 4.38. The first-order valence-corrected chi connectivity index (χ1v) is 8.71. The molecule has 0 amide bonds. The average Bonchev–Trinajstić information content (AvgIpc) is 2.50. The highest BCUT2D eigenvalue weighted by molar-refractivity contribution is 5.85. The van der Waals surface area contributed by atoms with Crippen molar-refractivity contribution in [1.82, 2.24) is 10.2 Å². The molecule has 1 aliphatic heterocycles. The van der Waals surface area contributed by atoms with Crippen LogP contribution in [-0.2, 0) is 0 Å². The molecule has 144 valence electrons. The van der Waals surface area contributed by atoms with Crippen LogP contribution in [0.25, 0.3) is 0 Å². The highest BCUT2D eigenvalue weighted by Gasteiger charge is 2.37. The number of halogens is 1. The van der Waals surface area contributed by atoms with Gasteiger partial charge in [0.1, 0.15) is 17.1 Å². The smallest absolute Gasteiger partial charge is 0.120 e. The molecule has 5 nitrogen and oxygen atoms in total. The van der Waals surface area contributed by atoms with Crippen molar-refractivity contribution in [2.75, 3.05) is 32.8 Å². The van der Waals surface area contributed by atoms with Gasteiger partial charge in [0, 0.05) is 49.8 Å². The first-order chi connectivity index (χ1) is 11.1. The molecule has 0 saturated carbocycles. The van der Waals surface area contributed by atoms with Crippen molar-refractivity contribution in [2.24, 2.45) is 5.41 Å². The molecule has 0 unspecified atom stereocenters. The Kier molecular flexibility index (Phi) is 7.56. The van der Waals surface area contributed by atoms with E-state index < -0.39 is 0 Å². The van der Waals surface area contributed by atoms with Crippen LogP contribution in [0, 0.1) is 5.41 Å². The Labute approximate surface area is 157 Å². The van der Waals surface area contributed by atoms with Gasteiger partial charge in [-0.3, -0.25) is 4.90 Å². The van der Waals surface area contributed by atoms with E-state index in [4.69, 9.17) is 4.74 Å². The fraction of sp³-hybridized carbons (Fsp3) is 0.684. The highest BCUT2D eigenvalue weighted by Crippen LogP contribution is 2.43. The van der Waals surface area contributed by atoms with Crippen LogP contribution in [-0.4, -0.2) is 53.5 Å². The number of aliphatic hydroxyl groups is 1. The molecule has 0 radical (unpaired) electrons. The fourth-order valence-corrected chi connectivity index (χ4v) is 3.31. The molecule has 1 atom stereocenters. The Morgan fingerprint density at radius 3 is 2.28 bits per heavy atom. The van der Waals surface area contributed by atoms with Crippen LogP contribution >= 0.6 is 12.4 Å². The summed E-state index contributed by atoms with van der Waals surface area (Å²) in [4.78, 5) is 2.34. The van der Waals surface area contributed by atoms with E-state index in [2.05, 4.69) is 10.2 Å². The normalized spacial score (nSPS) is 17.7. The van der Waals surface area contributed by atoms with Gasteiger partial charge in [-0.05, 0) is 39.0 Å². The van der Waals surface area contributed by atoms with Crippen molar-refractivity contribution in [3.8, 4) is 11.5 Å². The van der Waals surface area contributed by atoms with Gasteiger partial charge < -0.3 is 20.3 Å². The number of piperazine rings is 1. The molecule has 1 heterocycles. The largest absolute Gasteiger partial charge is 0.508 e. The molecule has 0 bridgehead atoms. The first-order valence-electron chi connectivity index (χ1n) is 8.71. The molecule has 1 aromatic carbocycles. The predicted octanol–water partition coefficient (Wildman–Crippen LogP) is 2.96. The number of benzene rings is 1. The first kappa shape index (κ1) is 22.0. The van der Waals surface area contributed by atoms with E-state index >= 15 is 0 Å². The molecular formula is C19H33ClN2O3. The minimum absolute atomic E-state index is 0. The molecule has 0 aliphatic carbocycles. The summed E-state index contributed by atoms with van der Waals surface area (Å²) in [7, 11) is 0. The summed E-state index contributed by atoms with van der Waals surface area (Å²) in [5.74, 6) is 0.991. The Morgan fingerprint density at radius 2 is 1.76 bits per heavy atom.